The highest BCUT2D eigenvalue weighted by atomic mass is 16.5. The van der Waals surface area contributed by atoms with Gasteiger partial charge in [0.25, 0.3) is 5.56 Å². The van der Waals surface area contributed by atoms with E-state index < -0.39 is 11.9 Å². The minimum Gasteiger partial charge on any atom is -0.496 e. The number of nitriles is 1. The van der Waals surface area contributed by atoms with E-state index in [1.54, 1.807) is 35.9 Å². The summed E-state index contributed by atoms with van der Waals surface area (Å²) in [6.45, 7) is 5.89. The minimum atomic E-state index is -1.11. The molecule has 144 valence electrons. The van der Waals surface area contributed by atoms with Gasteiger partial charge in [0.15, 0.2) is 0 Å². The molecule has 2 heterocycles. The highest BCUT2D eigenvalue weighted by Gasteiger charge is 2.37. The minimum absolute atomic E-state index is 0.0841. The van der Waals surface area contributed by atoms with Crippen molar-refractivity contribution in [1.82, 2.24) is 4.57 Å². The number of carboxylic acids is 1. The second kappa shape index (κ2) is 7.24. The zero-order chi connectivity index (χ0) is 20.6. The Balaban J connectivity index is 2.42. The zero-order valence-corrected chi connectivity index (χ0v) is 16.2. The molecule has 7 nitrogen and oxygen atoms in total. The van der Waals surface area contributed by atoms with Crippen molar-refractivity contribution in [3.63, 3.8) is 0 Å². The molecule has 1 unspecified atom stereocenters. The summed E-state index contributed by atoms with van der Waals surface area (Å²) in [7, 11) is 1.46. The summed E-state index contributed by atoms with van der Waals surface area (Å²) in [4.78, 5) is 25.3. The first-order valence-corrected chi connectivity index (χ1v) is 8.87. The maximum absolute atomic E-state index is 13.2. The van der Waals surface area contributed by atoms with Crippen LogP contribution in [-0.2, 0) is 11.3 Å². The number of benzene rings is 1. The Labute approximate surface area is 162 Å². The number of pyridine rings is 1. The number of aliphatic carboxylic acids is 1. The van der Waals surface area contributed by atoms with E-state index in [-0.39, 0.29) is 11.1 Å². The Morgan fingerprint density at radius 3 is 2.68 bits per heavy atom. The molecule has 1 atom stereocenters. The van der Waals surface area contributed by atoms with Gasteiger partial charge in [0, 0.05) is 24.0 Å². The summed E-state index contributed by atoms with van der Waals surface area (Å²) in [5.41, 5.74) is 3.06. The van der Waals surface area contributed by atoms with Gasteiger partial charge in [0.1, 0.15) is 5.75 Å². The van der Waals surface area contributed by atoms with Crippen LogP contribution in [0.5, 0.6) is 5.75 Å². The van der Waals surface area contributed by atoms with Crippen molar-refractivity contribution in [2.24, 2.45) is 0 Å². The van der Waals surface area contributed by atoms with Gasteiger partial charge < -0.3 is 19.7 Å². The number of fused-ring (bicyclic) bond motifs is 1. The third kappa shape index (κ3) is 2.93. The van der Waals surface area contributed by atoms with Crippen LogP contribution in [0.3, 0.4) is 0 Å². The molecular formula is C21H21N3O4. The lowest BCUT2D eigenvalue weighted by molar-refractivity contribution is -0.133. The van der Waals surface area contributed by atoms with Crippen molar-refractivity contribution in [2.75, 3.05) is 12.4 Å². The molecule has 1 aromatic heterocycles. The molecule has 2 aromatic rings. The number of aromatic nitrogens is 1. The zero-order valence-electron chi connectivity index (χ0n) is 16.2. The second-order valence-electron chi connectivity index (χ2n) is 6.66. The van der Waals surface area contributed by atoms with Crippen LogP contribution >= 0.6 is 0 Å². The van der Waals surface area contributed by atoms with Crippen LogP contribution in [0.4, 0.5) is 5.69 Å². The SMILES string of the molecule is CCn1cc(C)c2c(c1=O)C(c1ccc(C#N)cc1OC)C(C(=O)O)=C(C)N2. The van der Waals surface area contributed by atoms with Crippen molar-refractivity contribution in [3.05, 3.63) is 68.3 Å². The van der Waals surface area contributed by atoms with Gasteiger partial charge in [0.05, 0.1) is 41.5 Å². The fourth-order valence-corrected chi connectivity index (χ4v) is 3.73. The van der Waals surface area contributed by atoms with Crippen LogP contribution in [0.1, 0.15) is 42.0 Å². The molecule has 2 N–H and O–H groups in total. The average Bonchev–Trinajstić information content (AvgIpc) is 2.68. The van der Waals surface area contributed by atoms with Crippen molar-refractivity contribution < 1.29 is 14.6 Å². The standard InChI is InChI=1S/C21H21N3O4/c1-5-24-10-11(2)19-18(20(24)25)17(16(21(26)27)12(3)23-19)14-7-6-13(9-22)8-15(14)28-4/h6-8,10,17,23H,5H2,1-4H3,(H,26,27). The number of anilines is 1. The summed E-state index contributed by atoms with van der Waals surface area (Å²) < 4.78 is 7.02. The molecule has 0 spiro atoms. The van der Waals surface area contributed by atoms with E-state index in [9.17, 15) is 20.0 Å². The first-order chi connectivity index (χ1) is 13.3. The van der Waals surface area contributed by atoms with Crippen molar-refractivity contribution in [3.8, 4) is 11.8 Å². The molecule has 0 aliphatic carbocycles. The molecule has 1 aromatic carbocycles. The largest absolute Gasteiger partial charge is 0.496 e. The Morgan fingerprint density at radius 1 is 1.39 bits per heavy atom. The topological polar surface area (TPSA) is 104 Å². The third-order valence-electron chi connectivity index (χ3n) is 5.04. The molecule has 0 bridgehead atoms. The van der Waals surface area contributed by atoms with Gasteiger partial charge in [0.2, 0.25) is 0 Å². The van der Waals surface area contributed by atoms with Gasteiger partial charge >= 0.3 is 5.97 Å². The van der Waals surface area contributed by atoms with E-state index in [2.05, 4.69) is 5.32 Å². The normalized spacial score (nSPS) is 15.5. The summed E-state index contributed by atoms with van der Waals surface area (Å²) in [5, 5.41) is 22.2. The predicted molar refractivity (Wildman–Crippen MR) is 105 cm³/mol. The lowest BCUT2D eigenvalue weighted by Crippen LogP contribution is -2.33. The van der Waals surface area contributed by atoms with Crippen LogP contribution in [0.15, 0.2) is 40.5 Å². The highest BCUT2D eigenvalue weighted by Crippen LogP contribution is 2.44. The molecule has 0 amide bonds. The van der Waals surface area contributed by atoms with E-state index in [0.717, 1.165) is 5.56 Å². The fraction of sp³-hybridized carbons (Fsp3) is 0.286. The number of nitrogens with zero attached hydrogens (tertiary/aromatic N) is 2. The molecule has 3 rings (SSSR count). The van der Waals surface area contributed by atoms with Gasteiger partial charge in [-0.05, 0) is 38.5 Å². The molecule has 7 heteroatoms. The number of hydrogen-bond acceptors (Lipinski definition) is 5. The molecule has 1 aliphatic heterocycles. The Morgan fingerprint density at radius 2 is 2.11 bits per heavy atom. The van der Waals surface area contributed by atoms with Crippen LogP contribution in [0.2, 0.25) is 0 Å². The smallest absolute Gasteiger partial charge is 0.334 e. The van der Waals surface area contributed by atoms with Gasteiger partial charge in [-0.1, -0.05) is 6.07 Å². The molecule has 28 heavy (non-hydrogen) atoms. The maximum Gasteiger partial charge on any atom is 0.334 e. The molecule has 1 aliphatic rings. The molecule has 0 saturated carbocycles. The van der Waals surface area contributed by atoms with Crippen LogP contribution in [0, 0.1) is 18.3 Å². The summed E-state index contributed by atoms with van der Waals surface area (Å²) in [6.07, 6.45) is 1.76. The van der Waals surface area contributed by atoms with E-state index in [1.807, 2.05) is 19.9 Å². The predicted octanol–water partition coefficient (Wildman–Crippen LogP) is 2.97. The number of carbonyl (C=O) groups is 1. The van der Waals surface area contributed by atoms with Crippen LogP contribution < -0.4 is 15.6 Å². The van der Waals surface area contributed by atoms with Crippen molar-refractivity contribution >= 4 is 11.7 Å². The van der Waals surface area contributed by atoms with E-state index in [1.165, 1.54) is 7.11 Å². The number of nitrogens with one attached hydrogen (secondary N) is 1. The number of allylic oxidation sites excluding steroid dienone is 1. The number of carboxylic acid groups (broad SMARTS) is 1. The Hall–Kier alpha value is -3.53. The fourth-order valence-electron chi connectivity index (χ4n) is 3.73. The summed E-state index contributed by atoms with van der Waals surface area (Å²) in [5.74, 6) is -1.56. The quantitative estimate of drug-likeness (QED) is 0.846. The van der Waals surface area contributed by atoms with Crippen molar-refractivity contribution in [2.45, 2.75) is 33.2 Å². The molecule has 0 fully saturated rings. The number of rotatable bonds is 4. The van der Waals surface area contributed by atoms with Gasteiger partial charge in [-0.15, -0.1) is 0 Å². The van der Waals surface area contributed by atoms with E-state index in [0.29, 0.717) is 40.4 Å². The van der Waals surface area contributed by atoms with E-state index >= 15 is 0 Å². The maximum atomic E-state index is 13.2. The van der Waals surface area contributed by atoms with Crippen molar-refractivity contribution in [1.29, 1.82) is 5.26 Å². The first-order valence-electron chi connectivity index (χ1n) is 8.87. The molecular weight excluding hydrogens is 358 g/mol. The van der Waals surface area contributed by atoms with Gasteiger partial charge in [-0.2, -0.15) is 5.26 Å². The van der Waals surface area contributed by atoms with Crippen LogP contribution in [-0.4, -0.2) is 22.8 Å². The lowest BCUT2D eigenvalue weighted by Gasteiger charge is -2.31. The summed E-state index contributed by atoms with van der Waals surface area (Å²) >= 11 is 0. The lowest BCUT2D eigenvalue weighted by atomic mass is 9.80. The van der Waals surface area contributed by atoms with Gasteiger partial charge in [-0.25, -0.2) is 4.79 Å². The number of ether oxygens (including phenoxy) is 1. The van der Waals surface area contributed by atoms with E-state index in [4.69, 9.17) is 4.74 Å². The van der Waals surface area contributed by atoms with Gasteiger partial charge in [-0.3, -0.25) is 4.79 Å². The monoisotopic (exact) mass is 379 g/mol. The number of hydrogen-bond donors (Lipinski definition) is 2. The molecule has 0 saturated heterocycles. The first kappa shape index (κ1) is 19.2. The Bertz CT molecular complexity index is 1110. The highest BCUT2D eigenvalue weighted by molar-refractivity contribution is 5.93. The Kier molecular flexibility index (Phi) is 4.97. The number of aryl methyl sites for hydroxylation is 2. The van der Waals surface area contributed by atoms with Crippen LogP contribution in [0.25, 0.3) is 0 Å². The number of methoxy groups -OCH3 is 1. The molecule has 0 radical (unpaired) electrons. The second-order valence-corrected chi connectivity index (χ2v) is 6.66. The average molecular weight is 379 g/mol. The third-order valence-corrected chi connectivity index (χ3v) is 5.04. The summed E-state index contributed by atoms with van der Waals surface area (Å²) in [6, 6.07) is 6.86.